The minimum absolute atomic E-state index is 0.0285. The molecule has 4 aromatic carbocycles. The van der Waals surface area contributed by atoms with E-state index in [2.05, 4.69) is 10.6 Å². The van der Waals surface area contributed by atoms with Crippen molar-refractivity contribution >= 4 is 23.5 Å². The Kier molecular flexibility index (Phi) is 9.36. The summed E-state index contributed by atoms with van der Waals surface area (Å²) < 4.78 is 12.1. The van der Waals surface area contributed by atoms with E-state index in [1.807, 2.05) is 55.5 Å². The Labute approximate surface area is 250 Å². The Hall–Kier alpha value is -5.11. The quantitative estimate of drug-likeness (QED) is 0.191. The van der Waals surface area contributed by atoms with Crippen LogP contribution in [0.3, 0.4) is 0 Å². The fourth-order valence-corrected chi connectivity index (χ4v) is 5.05. The molecule has 0 heterocycles. The van der Waals surface area contributed by atoms with E-state index in [0.717, 1.165) is 42.6 Å². The molecule has 220 valence electrons. The minimum atomic E-state index is -1.10. The van der Waals surface area contributed by atoms with Gasteiger partial charge in [-0.3, -0.25) is 9.59 Å². The van der Waals surface area contributed by atoms with Crippen molar-refractivity contribution in [3.05, 3.63) is 119 Å². The van der Waals surface area contributed by atoms with Crippen LogP contribution in [0, 0.1) is 6.92 Å². The molecule has 1 saturated carbocycles. The number of rotatable bonds is 10. The van der Waals surface area contributed by atoms with Crippen LogP contribution in [0.25, 0.3) is 0 Å². The van der Waals surface area contributed by atoms with Gasteiger partial charge in [-0.05, 0) is 98.8 Å². The zero-order valence-corrected chi connectivity index (χ0v) is 23.9. The van der Waals surface area contributed by atoms with Crippen LogP contribution < -0.4 is 20.1 Å². The molecule has 0 atom stereocenters. The molecule has 1 fully saturated rings. The second-order valence-corrected chi connectivity index (χ2v) is 10.7. The Bertz CT molecular complexity index is 1560. The van der Waals surface area contributed by atoms with Crippen molar-refractivity contribution in [3.8, 4) is 17.2 Å². The Balaban J connectivity index is 1.06. The van der Waals surface area contributed by atoms with E-state index in [0.29, 0.717) is 17.1 Å². The van der Waals surface area contributed by atoms with Crippen molar-refractivity contribution in [1.82, 2.24) is 5.32 Å². The van der Waals surface area contributed by atoms with E-state index in [-0.39, 0.29) is 41.6 Å². The van der Waals surface area contributed by atoms with Gasteiger partial charge in [0, 0.05) is 11.6 Å². The number of benzene rings is 4. The van der Waals surface area contributed by atoms with Crippen molar-refractivity contribution in [2.24, 2.45) is 0 Å². The smallest absolute Gasteiger partial charge is 0.337 e. The number of aromatic carboxylic acids is 1. The van der Waals surface area contributed by atoms with Crippen LogP contribution in [0.1, 0.15) is 57.5 Å². The third-order valence-corrected chi connectivity index (χ3v) is 7.40. The monoisotopic (exact) mass is 578 g/mol. The number of para-hydroxylation sites is 1. The number of aryl methyl sites for hydroxylation is 1. The van der Waals surface area contributed by atoms with Crippen molar-refractivity contribution in [3.63, 3.8) is 0 Å². The molecular formula is C35H34N2O6. The molecule has 0 aromatic heterocycles. The van der Waals surface area contributed by atoms with Crippen LogP contribution in [0.4, 0.5) is 5.69 Å². The molecule has 4 aromatic rings. The lowest BCUT2D eigenvalue weighted by Gasteiger charge is -2.29. The van der Waals surface area contributed by atoms with Gasteiger partial charge in [0.05, 0.1) is 23.8 Å². The molecular weight excluding hydrogens is 544 g/mol. The lowest BCUT2D eigenvalue weighted by molar-refractivity contribution is -0.115. The number of hydrogen-bond acceptors (Lipinski definition) is 5. The van der Waals surface area contributed by atoms with E-state index in [4.69, 9.17) is 9.47 Å². The molecule has 0 aliphatic heterocycles. The third-order valence-electron chi connectivity index (χ3n) is 7.40. The molecule has 0 radical (unpaired) electrons. The van der Waals surface area contributed by atoms with Crippen LogP contribution in [-0.2, 0) is 11.2 Å². The zero-order valence-electron chi connectivity index (χ0n) is 23.9. The van der Waals surface area contributed by atoms with Gasteiger partial charge < -0.3 is 25.2 Å². The van der Waals surface area contributed by atoms with Crippen molar-refractivity contribution in [1.29, 1.82) is 0 Å². The van der Waals surface area contributed by atoms with Gasteiger partial charge in [0.2, 0.25) is 5.91 Å². The summed E-state index contributed by atoms with van der Waals surface area (Å²) in [5.41, 5.74) is 2.90. The van der Waals surface area contributed by atoms with E-state index < -0.39 is 5.97 Å². The number of carboxylic acid groups (broad SMARTS) is 1. The van der Waals surface area contributed by atoms with Crippen LogP contribution in [0.15, 0.2) is 97.1 Å². The summed E-state index contributed by atoms with van der Waals surface area (Å²) in [6.45, 7) is 2.00. The lowest BCUT2D eigenvalue weighted by atomic mass is 9.92. The normalized spacial score (nSPS) is 16.1. The molecule has 8 nitrogen and oxygen atoms in total. The van der Waals surface area contributed by atoms with E-state index in [1.165, 1.54) is 6.07 Å². The van der Waals surface area contributed by atoms with Crippen molar-refractivity contribution in [2.45, 2.75) is 51.2 Å². The summed E-state index contributed by atoms with van der Waals surface area (Å²) in [7, 11) is 0. The van der Waals surface area contributed by atoms with Gasteiger partial charge in [-0.1, -0.05) is 42.0 Å². The number of carbonyl (C=O) groups is 3. The Morgan fingerprint density at radius 3 is 2.02 bits per heavy atom. The third kappa shape index (κ3) is 8.23. The van der Waals surface area contributed by atoms with Crippen molar-refractivity contribution < 1.29 is 29.0 Å². The summed E-state index contributed by atoms with van der Waals surface area (Å²) in [6, 6.07) is 28.7. The van der Waals surface area contributed by atoms with Gasteiger partial charge in [0.15, 0.2) is 0 Å². The molecule has 0 spiro atoms. The molecule has 8 heteroatoms. The van der Waals surface area contributed by atoms with Gasteiger partial charge >= 0.3 is 5.97 Å². The Morgan fingerprint density at radius 2 is 1.37 bits per heavy atom. The van der Waals surface area contributed by atoms with E-state index in [9.17, 15) is 19.5 Å². The van der Waals surface area contributed by atoms with Crippen LogP contribution >= 0.6 is 0 Å². The largest absolute Gasteiger partial charge is 0.490 e. The first-order valence-corrected chi connectivity index (χ1v) is 14.4. The van der Waals surface area contributed by atoms with Gasteiger partial charge in [-0.2, -0.15) is 0 Å². The average Bonchev–Trinajstić information content (AvgIpc) is 3.00. The highest BCUT2D eigenvalue weighted by Crippen LogP contribution is 2.28. The molecule has 0 saturated heterocycles. The number of carboxylic acids is 1. The SMILES string of the molecule is Cc1ccc(C(=O)NC2CCC(Oc3ccc(Oc4ccc(CC(=O)Nc5ccccc5C(=O)O)cc4)cc3)CC2)cc1. The van der Waals surface area contributed by atoms with E-state index >= 15 is 0 Å². The first kappa shape index (κ1) is 29.4. The fourth-order valence-electron chi connectivity index (χ4n) is 5.05. The molecule has 1 aliphatic rings. The minimum Gasteiger partial charge on any atom is -0.490 e. The van der Waals surface area contributed by atoms with Gasteiger partial charge in [0.1, 0.15) is 17.2 Å². The summed E-state index contributed by atoms with van der Waals surface area (Å²) >= 11 is 0. The maximum Gasteiger partial charge on any atom is 0.337 e. The number of carbonyl (C=O) groups excluding carboxylic acids is 2. The molecule has 43 heavy (non-hydrogen) atoms. The van der Waals surface area contributed by atoms with Crippen LogP contribution in [0.5, 0.6) is 17.2 Å². The maximum absolute atomic E-state index is 12.5. The first-order valence-electron chi connectivity index (χ1n) is 14.4. The number of amides is 2. The maximum atomic E-state index is 12.5. The summed E-state index contributed by atoms with van der Waals surface area (Å²) in [5, 5.41) is 15.1. The number of nitrogens with one attached hydrogen (secondary N) is 2. The summed E-state index contributed by atoms with van der Waals surface area (Å²) in [4.78, 5) is 36.3. The molecule has 3 N–H and O–H groups in total. The number of hydrogen-bond donors (Lipinski definition) is 3. The summed E-state index contributed by atoms with van der Waals surface area (Å²) in [6.07, 6.45) is 3.68. The van der Waals surface area contributed by atoms with Crippen molar-refractivity contribution in [2.75, 3.05) is 5.32 Å². The molecule has 2 amide bonds. The molecule has 5 rings (SSSR count). The lowest BCUT2D eigenvalue weighted by Crippen LogP contribution is -2.39. The predicted molar refractivity (Wildman–Crippen MR) is 164 cm³/mol. The second kappa shape index (κ2) is 13.7. The topological polar surface area (TPSA) is 114 Å². The highest BCUT2D eigenvalue weighted by molar-refractivity contribution is 6.01. The predicted octanol–water partition coefficient (Wildman–Crippen LogP) is 6.79. The Morgan fingerprint density at radius 1 is 0.767 bits per heavy atom. The standard InChI is InChI=1S/C35H34N2O6/c1-23-6-10-25(11-7-23)34(39)36-26-12-16-28(17-13-26)43-30-20-18-29(19-21-30)42-27-14-8-24(9-15-27)22-33(38)37-32-5-3-2-4-31(32)35(40)41/h2-11,14-15,18-21,26,28H,12-13,16-17,22H2,1H3,(H,36,39)(H,37,38)(H,40,41). The number of ether oxygens (including phenoxy) is 2. The highest BCUT2D eigenvalue weighted by atomic mass is 16.5. The highest BCUT2D eigenvalue weighted by Gasteiger charge is 2.24. The van der Waals surface area contributed by atoms with Gasteiger partial charge in [0.25, 0.3) is 5.91 Å². The average molecular weight is 579 g/mol. The molecule has 0 unspecified atom stereocenters. The van der Waals surface area contributed by atoms with E-state index in [1.54, 1.807) is 42.5 Å². The van der Waals surface area contributed by atoms with Crippen LogP contribution in [-0.4, -0.2) is 35.0 Å². The van der Waals surface area contributed by atoms with Gasteiger partial charge in [-0.15, -0.1) is 0 Å². The molecule has 0 bridgehead atoms. The van der Waals surface area contributed by atoms with Crippen LogP contribution in [0.2, 0.25) is 0 Å². The number of anilines is 1. The summed E-state index contributed by atoms with van der Waals surface area (Å²) in [5.74, 6) is 0.620. The second-order valence-electron chi connectivity index (χ2n) is 10.7. The first-order chi connectivity index (χ1) is 20.8. The fraction of sp³-hybridized carbons (Fsp3) is 0.229. The van der Waals surface area contributed by atoms with Gasteiger partial charge in [-0.25, -0.2) is 4.79 Å². The molecule has 1 aliphatic carbocycles. The zero-order chi connectivity index (χ0) is 30.2.